The molecule has 29 heavy (non-hydrogen) atoms. The molecule has 4 heteroatoms. The fourth-order valence-electron chi connectivity index (χ4n) is 4.19. The van der Waals surface area contributed by atoms with Gasteiger partial charge in [0, 0.05) is 5.39 Å². The van der Waals surface area contributed by atoms with Crippen LogP contribution in [0.5, 0.6) is 5.75 Å². The van der Waals surface area contributed by atoms with E-state index in [1.165, 1.54) is 6.07 Å². The zero-order valence-corrected chi connectivity index (χ0v) is 16.9. The Morgan fingerprint density at radius 3 is 2.59 bits per heavy atom. The van der Waals surface area contributed by atoms with Crippen molar-refractivity contribution in [3.63, 3.8) is 0 Å². The van der Waals surface area contributed by atoms with Crippen molar-refractivity contribution in [2.75, 3.05) is 0 Å². The molecule has 3 aromatic rings. The lowest BCUT2D eigenvalue weighted by atomic mass is 9.69. The van der Waals surface area contributed by atoms with Crippen molar-refractivity contribution in [1.82, 2.24) is 4.98 Å². The van der Waals surface area contributed by atoms with Gasteiger partial charge in [-0.1, -0.05) is 63.2 Å². The van der Waals surface area contributed by atoms with E-state index in [-0.39, 0.29) is 17.1 Å². The molecule has 1 aromatic heterocycles. The highest BCUT2D eigenvalue weighted by atomic mass is 16.4. The predicted octanol–water partition coefficient (Wildman–Crippen LogP) is 5.16. The number of aromatic nitrogens is 1. The third-order valence-electron chi connectivity index (χ3n) is 5.85. The summed E-state index contributed by atoms with van der Waals surface area (Å²) in [5, 5.41) is 22.5. The second kappa shape index (κ2) is 7.03. The first-order valence-electron chi connectivity index (χ1n) is 9.87. The number of fused-ring (bicyclic) bond motifs is 2. The Balaban J connectivity index is 2.00. The number of carboxylic acids is 1. The van der Waals surface area contributed by atoms with Crippen molar-refractivity contribution < 1.29 is 15.0 Å². The van der Waals surface area contributed by atoms with Gasteiger partial charge in [0.05, 0.1) is 16.8 Å². The monoisotopic (exact) mass is 386 g/mol. The number of nitrogens with zero attached hydrogens (tertiary/aromatic N) is 1. The van der Waals surface area contributed by atoms with Crippen molar-refractivity contribution in [3.05, 3.63) is 70.9 Å². The van der Waals surface area contributed by atoms with Gasteiger partial charge in [0.25, 0.3) is 0 Å². The summed E-state index contributed by atoms with van der Waals surface area (Å²) in [5.74, 6) is -0.687. The van der Waals surface area contributed by atoms with Gasteiger partial charge in [-0.05, 0) is 53.0 Å². The third-order valence-corrected chi connectivity index (χ3v) is 5.85. The predicted molar refractivity (Wildman–Crippen MR) is 114 cm³/mol. The first kappa shape index (κ1) is 19.2. The summed E-state index contributed by atoms with van der Waals surface area (Å²) in [7, 11) is 0. The van der Waals surface area contributed by atoms with Crippen molar-refractivity contribution >= 4 is 28.5 Å². The average molecular weight is 386 g/mol. The molecule has 4 rings (SSSR count). The summed E-state index contributed by atoms with van der Waals surface area (Å²) in [4.78, 5) is 17.1. The standard InChI is InChI=1S/C25H25NO3/c1-25(2,3)17-13-16(11-15-7-6-8-18(27)12-15)23-20(14-17)22(24(28)29)19-9-4-5-10-21(19)26-23/h4-12,17,27H,13-14H2,1-3H3,(H,28,29)/p-1/b16-11+/t17-/m0/s1. The van der Waals surface area contributed by atoms with E-state index in [4.69, 9.17) is 4.98 Å². The second-order valence-electron chi connectivity index (χ2n) is 8.85. The van der Waals surface area contributed by atoms with E-state index in [2.05, 4.69) is 20.8 Å². The van der Waals surface area contributed by atoms with Crippen LogP contribution in [-0.4, -0.2) is 16.1 Å². The average Bonchev–Trinajstić information content (AvgIpc) is 2.65. The highest BCUT2D eigenvalue weighted by Crippen LogP contribution is 2.44. The summed E-state index contributed by atoms with van der Waals surface area (Å²) >= 11 is 0. The molecule has 0 saturated carbocycles. The minimum atomic E-state index is -0.921. The molecule has 0 unspecified atom stereocenters. The summed E-state index contributed by atoms with van der Waals surface area (Å²) in [6.45, 7) is 6.56. The molecule has 1 aliphatic rings. The normalized spacial score (nSPS) is 18.0. The van der Waals surface area contributed by atoms with Crippen molar-refractivity contribution in [3.8, 4) is 5.75 Å². The van der Waals surface area contributed by atoms with Gasteiger partial charge in [0.1, 0.15) is 0 Å². The number of hydrogen-bond donors (Lipinski definition) is 1. The molecule has 1 aliphatic carbocycles. The smallest absolute Gasteiger partial charge is 0.336 e. The topological polar surface area (TPSA) is 73.2 Å². The Morgan fingerprint density at radius 1 is 1.14 bits per heavy atom. The molecule has 0 amide bonds. The van der Waals surface area contributed by atoms with Crippen molar-refractivity contribution in [2.24, 2.45) is 11.3 Å². The van der Waals surface area contributed by atoms with E-state index >= 15 is 0 Å². The number of benzene rings is 2. The first-order chi connectivity index (χ1) is 13.7. The molecule has 0 radical (unpaired) electrons. The van der Waals surface area contributed by atoms with Crippen LogP contribution >= 0.6 is 0 Å². The van der Waals surface area contributed by atoms with Crippen LogP contribution in [-0.2, 0) is 6.42 Å². The number of allylic oxidation sites excluding steroid dienone is 1. The van der Waals surface area contributed by atoms with Crippen LogP contribution in [0.2, 0.25) is 0 Å². The van der Waals surface area contributed by atoms with Crippen LogP contribution in [0, 0.1) is 11.3 Å². The molecule has 2 aromatic carbocycles. The molecule has 148 valence electrons. The van der Waals surface area contributed by atoms with Crippen LogP contribution in [0.3, 0.4) is 0 Å². The van der Waals surface area contributed by atoms with Crippen LogP contribution in [0.1, 0.15) is 54.4 Å². The second-order valence-corrected chi connectivity index (χ2v) is 8.85. The molecule has 0 saturated heterocycles. The fourth-order valence-corrected chi connectivity index (χ4v) is 4.19. The quantitative estimate of drug-likeness (QED) is 0.660. The summed E-state index contributed by atoms with van der Waals surface area (Å²) in [6, 6.07) is 14.2. The molecule has 0 spiro atoms. The SMILES string of the molecule is CC(C)(C)[C@H]1C/C(=C\c2cccc([O-])c2)c2nc3ccccc3c(C(=O)O)c2C1. The summed E-state index contributed by atoms with van der Waals surface area (Å²) < 4.78 is 0. The number of hydrogen-bond acceptors (Lipinski definition) is 3. The Kier molecular flexibility index (Phi) is 4.65. The van der Waals surface area contributed by atoms with E-state index in [0.29, 0.717) is 22.9 Å². The zero-order valence-electron chi connectivity index (χ0n) is 16.9. The first-order valence-corrected chi connectivity index (χ1v) is 9.87. The summed E-state index contributed by atoms with van der Waals surface area (Å²) in [6.07, 6.45) is 3.47. The number of carboxylic acid groups (broad SMARTS) is 1. The van der Waals surface area contributed by atoms with Crippen molar-refractivity contribution in [2.45, 2.75) is 33.6 Å². The van der Waals surface area contributed by atoms with Gasteiger partial charge in [-0.25, -0.2) is 9.78 Å². The maximum Gasteiger partial charge on any atom is 0.336 e. The lowest BCUT2D eigenvalue weighted by Gasteiger charge is -2.36. The van der Waals surface area contributed by atoms with Gasteiger partial charge in [-0.15, -0.1) is 5.75 Å². The fraction of sp³-hybridized carbons (Fsp3) is 0.280. The number of aromatic carboxylic acids is 1. The largest absolute Gasteiger partial charge is 0.872 e. The van der Waals surface area contributed by atoms with E-state index in [9.17, 15) is 15.0 Å². The maximum atomic E-state index is 12.3. The molecule has 1 atom stereocenters. The van der Waals surface area contributed by atoms with E-state index in [1.807, 2.05) is 36.4 Å². The molecule has 0 aliphatic heterocycles. The van der Waals surface area contributed by atoms with Crippen LogP contribution < -0.4 is 5.11 Å². The van der Waals surface area contributed by atoms with Gasteiger partial charge in [-0.3, -0.25) is 0 Å². The van der Waals surface area contributed by atoms with E-state index < -0.39 is 5.97 Å². The van der Waals surface area contributed by atoms with Gasteiger partial charge < -0.3 is 10.2 Å². The third kappa shape index (κ3) is 3.63. The molecular formula is C25H24NO3-. The number of pyridine rings is 1. The minimum absolute atomic E-state index is 0.0125. The van der Waals surface area contributed by atoms with Crippen molar-refractivity contribution in [1.29, 1.82) is 0 Å². The molecule has 4 nitrogen and oxygen atoms in total. The van der Waals surface area contributed by atoms with E-state index in [1.54, 1.807) is 12.1 Å². The van der Waals surface area contributed by atoms with Gasteiger partial charge in [-0.2, -0.15) is 0 Å². The van der Waals surface area contributed by atoms with Crippen LogP contribution in [0.4, 0.5) is 0 Å². The molecule has 0 bridgehead atoms. The highest BCUT2D eigenvalue weighted by Gasteiger charge is 2.35. The summed E-state index contributed by atoms with van der Waals surface area (Å²) in [5.41, 5.74) is 4.40. The van der Waals surface area contributed by atoms with Crippen LogP contribution in [0.25, 0.3) is 22.6 Å². The molecule has 1 heterocycles. The lowest BCUT2D eigenvalue weighted by Crippen LogP contribution is -2.28. The molecular weight excluding hydrogens is 362 g/mol. The lowest BCUT2D eigenvalue weighted by molar-refractivity contribution is -0.268. The zero-order chi connectivity index (χ0) is 20.8. The minimum Gasteiger partial charge on any atom is -0.872 e. The highest BCUT2D eigenvalue weighted by molar-refractivity contribution is 6.06. The molecule has 1 N–H and O–H groups in total. The van der Waals surface area contributed by atoms with Gasteiger partial charge in [0.2, 0.25) is 0 Å². The number of para-hydroxylation sites is 1. The Bertz CT molecular complexity index is 1140. The number of rotatable bonds is 2. The van der Waals surface area contributed by atoms with Gasteiger partial charge >= 0.3 is 5.97 Å². The Labute approximate surface area is 170 Å². The van der Waals surface area contributed by atoms with E-state index in [0.717, 1.165) is 28.8 Å². The van der Waals surface area contributed by atoms with Crippen LogP contribution in [0.15, 0.2) is 48.5 Å². The maximum absolute atomic E-state index is 12.3. The Hall–Kier alpha value is -3.14. The Morgan fingerprint density at radius 2 is 1.90 bits per heavy atom. The van der Waals surface area contributed by atoms with Gasteiger partial charge in [0.15, 0.2) is 0 Å². The number of carbonyl (C=O) groups is 1. The molecule has 0 fully saturated rings.